The summed E-state index contributed by atoms with van der Waals surface area (Å²) in [6.07, 6.45) is -2.67. The van der Waals surface area contributed by atoms with Crippen molar-refractivity contribution in [1.82, 2.24) is 19.4 Å². The second kappa shape index (κ2) is 16.4. The molecule has 1 fully saturated rings. The Bertz CT molecular complexity index is 1740. The summed E-state index contributed by atoms with van der Waals surface area (Å²) >= 11 is 12.7. The third-order valence-electron chi connectivity index (χ3n) is 9.28. The molecule has 1 amide bonds. The number of halogens is 5. The first-order chi connectivity index (χ1) is 23.7. The lowest BCUT2D eigenvalue weighted by molar-refractivity contribution is -0.174. The first-order valence-electron chi connectivity index (χ1n) is 17.1. The van der Waals surface area contributed by atoms with Crippen molar-refractivity contribution in [1.29, 1.82) is 0 Å². The van der Waals surface area contributed by atoms with Gasteiger partial charge in [0.05, 0.1) is 27.7 Å². The Hall–Kier alpha value is -3.31. The number of alkyl halides is 3. The molecule has 0 spiro atoms. The van der Waals surface area contributed by atoms with E-state index in [2.05, 4.69) is 30.6 Å². The maximum Gasteiger partial charge on any atom is 0.411 e. The Morgan fingerprint density at radius 2 is 1.68 bits per heavy atom. The molecule has 7 nitrogen and oxygen atoms in total. The molecule has 4 aromatic rings. The van der Waals surface area contributed by atoms with E-state index >= 15 is 0 Å². The molecular weight excluding hydrogens is 686 g/mol. The van der Waals surface area contributed by atoms with Gasteiger partial charge >= 0.3 is 6.18 Å². The minimum Gasteiger partial charge on any atom is -0.370 e. The van der Waals surface area contributed by atoms with Crippen LogP contribution in [0.1, 0.15) is 61.0 Å². The summed E-state index contributed by atoms with van der Waals surface area (Å²) in [5, 5.41) is 0.973. The van der Waals surface area contributed by atoms with E-state index in [1.54, 1.807) is 4.90 Å². The lowest BCUT2D eigenvalue weighted by Crippen LogP contribution is -2.35. The normalized spacial score (nSPS) is 15.3. The number of carbonyl (C=O) groups excluding carboxylic acids is 1. The van der Waals surface area contributed by atoms with Crippen molar-refractivity contribution < 1.29 is 22.7 Å². The van der Waals surface area contributed by atoms with Crippen molar-refractivity contribution in [2.45, 2.75) is 57.7 Å². The number of ether oxygens (including phenoxy) is 1. The first kappa shape index (κ1) is 37.9. The summed E-state index contributed by atoms with van der Waals surface area (Å²) in [6, 6.07) is 21.2. The molecule has 1 aliphatic rings. The van der Waals surface area contributed by atoms with Crippen LogP contribution in [0.3, 0.4) is 0 Å². The second-order valence-corrected chi connectivity index (χ2v) is 14.9. The molecule has 1 unspecified atom stereocenters. The topological polar surface area (TPSA) is 53.8 Å². The van der Waals surface area contributed by atoms with Crippen LogP contribution in [-0.4, -0.2) is 91.0 Å². The second-order valence-electron chi connectivity index (χ2n) is 14.1. The largest absolute Gasteiger partial charge is 0.411 e. The standard InChI is InChI=1S/C38H46Cl2F3N5O2/c1-37(2,3)30-13-10-27(11-14-30)35(49)45(4)25-29(28-12-15-31(39)32(40)24-28)16-19-46-17-7-18-47(21-20-46)36-44-33-8-5-6-9-34(33)48(36)22-23-50-26-38(41,42)43/h5-6,8-15,24,29H,7,16-23,25-26H2,1-4H3. The Morgan fingerprint density at radius 3 is 2.38 bits per heavy atom. The maximum atomic E-state index is 13.5. The SMILES string of the molecule is CN(CC(CCN1CCCN(c2nc3ccccc3n2CCOCC(F)(F)F)CC1)c1ccc(Cl)c(Cl)c1)C(=O)c1ccc(C(C)(C)C)cc1. The molecule has 0 bridgehead atoms. The molecule has 5 rings (SSSR count). The van der Waals surface area contributed by atoms with Gasteiger partial charge < -0.3 is 24.0 Å². The van der Waals surface area contributed by atoms with Gasteiger partial charge in [0.25, 0.3) is 5.91 Å². The average Bonchev–Trinajstić information content (AvgIpc) is 3.27. The van der Waals surface area contributed by atoms with Crippen LogP contribution in [0.25, 0.3) is 11.0 Å². The summed E-state index contributed by atoms with van der Waals surface area (Å²) in [6.45, 7) is 9.86. The fourth-order valence-corrected chi connectivity index (χ4v) is 6.78. The number of imidazole rings is 1. The van der Waals surface area contributed by atoms with Gasteiger partial charge in [-0.3, -0.25) is 4.79 Å². The molecule has 3 aromatic carbocycles. The zero-order chi connectivity index (χ0) is 36.1. The van der Waals surface area contributed by atoms with E-state index in [9.17, 15) is 18.0 Å². The Morgan fingerprint density at radius 1 is 0.940 bits per heavy atom. The number of amides is 1. The van der Waals surface area contributed by atoms with Crippen LogP contribution in [0.15, 0.2) is 66.7 Å². The Labute approximate surface area is 302 Å². The number of aromatic nitrogens is 2. The van der Waals surface area contributed by atoms with Crippen LogP contribution in [-0.2, 0) is 16.7 Å². The van der Waals surface area contributed by atoms with E-state index in [1.807, 2.05) is 78.3 Å². The number of hydrogen-bond donors (Lipinski definition) is 0. The third-order valence-corrected chi connectivity index (χ3v) is 10.0. The number of likely N-dealkylation sites (N-methyl/N-ethyl adjacent to an activating group) is 1. The summed E-state index contributed by atoms with van der Waals surface area (Å²) in [4.78, 5) is 24.8. The van der Waals surface area contributed by atoms with Crippen LogP contribution in [0.2, 0.25) is 10.0 Å². The van der Waals surface area contributed by atoms with Crippen LogP contribution in [0.5, 0.6) is 0 Å². The van der Waals surface area contributed by atoms with Crippen molar-refractivity contribution in [2.24, 2.45) is 0 Å². The number of rotatable bonds is 12. The predicted molar refractivity (Wildman–Crippen MR) is 196 cm³/mol. The first-order valence-corrected chi connectivity index (χ1v) is 17.8. The number of para-hydroxylation sites is 2. The van der Waals surface area contributed by atoms with Crippen molar-refractivity contribution in [3.05, 3.63) is 93.5 Å². The summed E-state index contributed by atoms with van der Waals surface area (Å²) in [5.74, 6) is 0.730. The minimum atomic E-state index is -4.36. The lowest BCUT2D eigenvalue weighted by Gasteiger charge is -2.28. The molecule has 12 heteroatoms. The van der Waals surface area contributed by atoms with E-state index in [-0.39, 0.29) is 30.4 Å². The van der Waals surface area contributed by atoms with E-state index in [0.29, 0.717) is 28.7 Å². The van der Waals surface area contributed by atoms with Gasteiger partial charge in [0.2, 0.25) is 5.95 Å². The van der Waals surface area contributed by atoms with E-state index < -0.39 is 12.8 Å². The molecular formula is C38H46Cl2F3N5O2. The van der Waals surface area contributed by atoms with Gasteiger partial charge in [0.1, 0.15) is 6.61 Å². The van der Waals surface area contributed by atoms with Crippen molar-refractivity contribution >= 4 is 46.1 Å². The number of nitrogens with zero attached hydrogens (tertiary/aromatic N) is 5. The molecule has 0 radical (unpaired) electrons. The van der Waals surface area contributed by atoms with Gasteiger partial charge in [-0.1, -0.05) is 74.3 Å². The Balaban J connectivity index is 1.26. The molecule has 1 saturated heterocycles. The van der Waals surface area contributed by atoms with Crippen molar-refractivity contribution in [3.8, 4) is 0 Å². The fourth-order valence-electron chi connectivity index (χ4n) is 6.48. The monoisotopic (exact) mass is 731 g/mol. The van der Waals surface area contributed by atoms with Gasteiger partial charge in [0.15, 0.2) is 0 Å². The number of hydrogen-bond acceptors (Lipinski definition) is 5. The number of fused-ring (bicyclic) bond motifs is 1. The highest BCUT2D eigenvalue weighted by molar-refractivity contribution is 6.42. The van der Waals surface area contributed by atoms with E-state index in [4.69, 9.17) is 32.9 Å². The highest BCUT2D eigenvalue weighted by atomic mass is 35.5. The van der Waals surface area contributed by atoms with E-state index in [0.717, 1.165) is 61.6 Å². The molecule has 2 heterocycles. The van der Waals surface area contributed by atoms with Gasteiger partial charge in [-0.05, 0) is 78.9 Å². The lowest BCUT2D eigenvalue weighted by atomic mass is 9.86. The van der Waals surface area contributed by atoms with E-state index in [1.165, 1.54) is 5.56 Å². The maximum absolute atomic E-state index is 13.5. The predicted octanol–water partition coefficient (Wildman–Crippen LogP) is 8.68. The number of benzene rings is 3. The summed E-state index contributed by atoms with van der Waals surface area (Å²) in [5.41, 5.74) is 4.52. The smallest absolute Gasteiger partial charge is 0.370 e. The van der Waals surface area contributed by atoms with Gasteiger partial charge in [-0.25, -0.2) is 4.98 Å². The Kier molecular flexibility index (Phi) is 12.4. The van der Waals surface area contributed by atoms with Gasteiger partial charge in [0, 0.05) is 51.3 Å². The number of carbonyl (C=O) groups is 1. The zero-order valence-corrected chi connectivity index (χ0v) is 30.7. The number of anilines is 1. The minimum absolute atomic E-state index is 0.000292. The van der Waals surface area contributed by atoms with Crippen LogP contribution in [0, 0.1) is 0 Å². The molecule has 50 heavy (non-hydrogen) atoms. The molecule has 0 N–H and O–H groups in total. The quantitative estimate of drug-likeness (QED) is 0.137. The average molecular weight is 733 g/mol. The van der Waals surface area contributed by atoms with Crippen molar-refractivity contribution in [2.75, 3.05) is 64.4 Å². The molecule has 1 aliphatic heterocycles. The zero-order valence-electron chi connectivity index (χ0n) is 29.1. The highest BCUT2D eigenvalue weighted by Gasteiger charge is 2.28. The molecule has 0 aliphatic carbocycles. The van der Waals surface area contributed by atoms with Gasteiger partial charge in [-0.2, -0.15) is 13.2 Å². The highest BCUT2D eigenvalue weighted by Crippen LogP contribution is 2.30. The summed E-state index contributed by atoms with van der Waals surface area (Å²) < 4.78 is 45.0. The molecule has 270 valence electrons. The van der Waals surface area contributed by atoms with Gasteiger partial charge in [-0.15, -0.1) is 0 Å². The van der Waals surface area contributed by atoms with Crippen LogP contribution >= 0.6 is 23.2 Å². The molecule has 0 saturated carbocycles. The molecule has 1 aromatic heterocycles. The van der Waals surface area contributed by atoms with Crippen LogP contribution < -0.4 is 4.90 Å². The van der Waals surface area contributed by atoms with Crippen molar-refractivity contribution in [3.63, 3.8) is 0 Å². The molecule has 1 atom stereocenters. The third kappa shape index (κ3) is 9.93. The fraction of sp³-hybridized carbons (Fsp3) is 0.474. The van der Waals surface area contributed by atoms with Crippen LogP contribution in [0.4, 0.5) is 19.1 Å². The summed E-state index contributed by atoms with van der Waals surface area (Å²) in [7, 11) is 1.84.